The molecule has 2 saturated heterocycles. The van der Waals surface area contributed by atoms with Crippen molar-refractivity contribution < 1.29 is 9.47 Å². The number of nitrogens with zero attached hydrogens (tertiary/aromatic N) is 1. The van der Waals surface area contributed by atoms with Crippen LogP contribution in [0.4, 0.5) is 0 Å². The lowest BCUT2D eigenvalue weighted by Gasteiger charge is -2.29. The lowest BCUT2D eigenvalue weighted by molar-refractivity contribution is 0.139. The first-order valence-corrected chi connectivity index (χ1v) is 13.7. The van der Waals surface area contributed by atoms with Gasteiger partial charge in [0.1, 0.15) is 23.7 Å². The summed E-state index contributed by atoms with van der Waals surface area (Å²) < 4.78 is 11.5. The van der Waals surface area contributed by atoms with Crippen molar-refractivity contribution in [3.63, 3.8) is 0 Å². The molecule has 0 saturated carbocycles. The minimum absolute atomic E-state index is 0.125. The number of halogens is 3. The number of fused-ring (bicyclic) bond motifs is 2. The predicted molar refractivity (Wildman–Crippen MR) is 145 cm³/mol. The van der Waals surface area contributed by atoms with Gasteiger partial charge >= 0.3 is 0 Å². The van der Waals surface area contributed by atoms with E-state index in [1.165, 1.54) is 5.56 Å². The number of benzene rings is 2. The van der Waals surface area contributed by atoms with Crippen molar-refractivity contribution in [2.24, 2.45) is 0 Å². The van der Waals surface area contributed by atoms with Crippen LogP contribution in [0.1, 0.15) is 11.1 Å². The smallest absolute Gasteiger partial charge is 0.123 e. The lowest BCUT2D eigenvalue weighted by atomic mass is 10.1. The third kappa shape index (κ3) is 8.39. The molecule has 3 N–H and O–H groups in total. The van der Waals surface area contributed by atoms with Crippen LogP contribution in [0.25, 0.3) is 0 Å². The first-order valence-electron chi connectivity index (χ1n) is 12.4. The highest BCUT2D eigenvalue weighted by molar-refractivity contribution is 6.31. The van der Waals surface area contributed by atoms with Crippen molar-refractivity contribution in [1.82, 2.24) is 20.9 Å². The molecule has 0 amide bonds. The van der Waals surface area contributed by atoms with Crippen LogP contribution >= 0.6 is 34.8 Å². The monoisotopic (exact) mass is 540 g/mol. The second kappa shape index (κ2) is 13.9. The predicted octanol–water partition coefficient (Wildman–Crippen LogP) is 3.61. The Labute approximate surface area is 223 Å². The summed E-state index contributed by atoms with van der Waals surface area (Å²) in [6.45, 7) is 10.00. The standard InChI is InChI=1S/C13H17ClN2O.C9H8Cl2O.C4H10N2/c14-11-1-2-13-10(7-11)8-12(17-13)9-16-5-3-15-4-6-16;10-5-8-4-6-3-7(11)1-2-9(6)12-8;1-2-6-4-3-5-1/h1-2,7,12,15H,3-6,8-9H2;1-3,8H,4-5H2;5-6H,1-4H2. The van der Waals surface area contributed by atoms with Gasteiger partial charge in [-0.15, -0.1) is 11.6 Å². The summed E-state index contributed by atoms with van der Waals surface area (Å²) in [6.07, 6.45) is 2.28. The van der Waals surface area contributed by atoms with Crippen LogP contribution in [0.15, 0.2) is 36.4 Å². The molecule has 0 radical (unpaired) electrons. The van der Waals surface area contributed by atoms with Gasteiger partial charge in [-0.3, -0.25) is 4.90 Å². The van der Waals surface area contributed by atoms with Crippen LogP contribution in [-0.2, 0) is 12.8 Å². The van der Waals surface area contributed by atoms with Crippen LogP contribution in [0, 0.1) is 0 Å². The molecule has 2 aromatic rings. The van der Waals surface area contributed by atoms with Crippen molar-refractivity contribution in [3.05, 3.63) is 57.6 Å². The average molecular weight is 542 g/mol. The van der Waals surface area contributed by atoms with Gasteiger partial charge < -0.3 is 25.4 Å². The van der Waals surface area contributed by atoms with Crippen molar-refractivity contribution in [1.29, 1.82) is 0 Å². The molecule has 0 aliphatic carbocycles. The zero-order valence-corrected chi connectivity index (χ0v) is 22.3. The van der Waals surface area contributed by atoms with E-state index in [2.05, 4.69) is 20.9 Å². The van der Waals surface area contributed by atoms with Crippen molar-refractivity contribution in [2.75, 3.05) is 64.8 Å². The van der Waals surface area contributed by atoms with E-state index >= 15 is 0 Å². The van der Waals surface area contributed by atoms with Crippen LogP contribution in [0.2, 0.25) is 10.0 Å². The average Bonchev–Trinajstić information content (AvgIpc) is 3.49. The van der Waals surface area contributed by atoms with Crippen molar-refractivity contribution >= 4 is 34.8 Å². The van der Waals surface area contributed by atoms with Gasteiger partial charge in [0.05, 0.1) is 5.88 Å². The van der Waals surface area contributed by atoms with E-state index in [-0.39, 0.29) is 6.10 Å². The summed E-state index contributed by atoms with van der Waals surface area (Å²) in [5.41, 5.74) is 2.41. The second-order valence-corrected chi connectivity index (χ2v) is 10.3. The maximum Gasteiger partial charge on any atom is 0.123 e. The van der Waals surface area contributed by atoms with Crippen molar-refractivity contribution in [2.45, 2.75) is 25.0 Å². The molecule has 0 spiro atoms. The normalized spacial score (nSPS) is 22.9. The van der Waals surface area contributed by atoms with Crippen LogP contribution in [0.5, 0.6) is 11.5 Å². The van der Waals surface area contributed by atoms with Gasteiger partial charge in [0.2, 0.25) is 0 Å². The van der Waals surface area contributed by atoms with E-state index in [9.17, 15) is 0 Å². The molecule has 192 valence electrons. The molecule has 2 unspecified atom stereocenters. The summed E-state index contributed by atoms with van der Waals surface area (Å²) in [4.78, 5) is 2.47. The van der Waals surface area contributed by atoms with Crippen LogP contribution in [0.3, 0.4) is 0 Å². The van der Waals surface area contributed by atoms with Crippen molar-refractivity contribution in [3.8, 4) is 11.5 Å². The summed E-state index contributed by atoms with van der Waals surface area (Å²) in [6, 6.07) is 11.6. The SMILES string of the molecule is C1CNCCN1.ClCC1Cc2cc(Cl)ccc2O1.Clc1ccc2c(c1)CC(CN1CCNCC1)O2. The molecule has 6 rings (SSSR count). The number of alkyl halides is 1. The zero-order valence-electron chi connectivity index (χ0n) is 20.0. The number of hydrogen-bond donors (Lipinski definition) is 3. The Hall–Kier alpha value is -1.25. The summed E-state index contributed by atoms with van der Waals surface area (Å²) in [5, 5.41) is 11.4. The molecule has 4 aliphatic rings. The molecule has 2 aromatic carbocycles. The minimum atomic E-state index is 0.125. The first-order chi connectivity index (χ1) is 17.1. The maximum atomic E-state index is 5.99. The van der Waals surface area contributed by atoms with Gasteiger partial charge in [-0.25, -0.2) is 0 Å². The number of rotatable bonds is 3. The van der Waals surface area contributed by atoms with Gasteiger partial charge in [-0.1, -0.05) is 23.2 Å². The van der Waals surface area contributed by atoms with Gasteiger partial charge in [0.25, 0.3) is 0 Å². The fourth-order valence-electron chi connectivity index (χ4n) is 4.55. The van der Waals surface area contributed by atoms with Gasteiger partial charge in [0.15, 0.2) is 0 Å². The Morgan fingerprint density at radius 3 is 1.71 bits per heavy atom. The highest BCUT2D eigenvalue weighted by Gasteiger charge is 2.25. The molecule has 6 nitrogen and oxygen atoms in total. The molecule has 0 aromatic heterocycles. The number of hydrogen-bond acceptors (Lipinski definition) is 6. The van der Waals surface area contributed by atoms with E-state index in [0.717, 1.165) is 98.9 Å². The quantitative estimate of drug-likeness (QED) is 0.516. The van der Waals surface area contributed by atoms with Gasteiger partial charge in [-0.2, -0.15) is 0 Å². The Morgan fingerprint density at radius 2 is 1.20 bits per heavy atom. The fourth-order valence-corrected chi connectivity index (χ4v) is 5.11. The molecule has 2 fully saturated rings. The molecule has 4 aliphatic heterocycles. The van der Waals surface area contributed by atoms with E-state index in [0.29, 0.717) is 12.0 Å². The van der Waals surface area contributed by atoms with E-state index < -0.39 is 0 Å². The Kier molecular flexibility index (Phi) is 10.6. The number of nitrogens with one attached hydrogen (secondary N) is 3. The zero-order chi connectivity index (χ0) is 24.5. The number of ether oxygens (including phenoxy) is 2. The molecule has 9 heteroatoms. The largest absolute Gasteiger partial charge is 0.489 e. The molecule has 2 atom stereocenters. The number of piperazine rings is 2. The first kappa shape index (κ1) is 26.8. The summed E-state index contributed by atoms with van der Waals surface area (Å²) >= 11 is 17.5. The minimum Gasteiger partial charge on any atom is -0.489 e. The van der Waals surface area contributed by atoms with E-state index in [1.54, 1.807) is 0 Å². The van der Waals surface area contributed by atoms with Gasteiger partial charge in [-0.05, 0) is 47.5 Å². The summed E-state index contributed by atoms with van der Waals surface area (Å²) in [7, 11) is 0. The maximum absolute atomic E-state index is 5.99. The molecular weight excluding hydrogens is 507 g/mol. The Morgan fingerprint density at radius 1 is 0.714 bits per heavy atom. The highest BCUT2D eigenvalue weighted by atomic mass is 35.5. The third-order valence-electron chi connectivity index (χ3n) is 6.33. The lowest BCUT2D eigenvalue weighted by Crippen LogP contribution is -2.47. The van der Waals surface area contributed by atoms with E-state index in [4.69, 9.17) is 44.3 Å². The summed E-state index contributed by atoms with van der Waals surface area (Å²) in [5.74, 6) is 2.46. The Bertz CT molecular complexity index is 927. The van der Waals surface area contributed by atoms with Crippen LogP contribution in [-0.4, -0.2) is 81.9 Å². The molecule has 0 bridgehead atoms. The molecule has 4 heterocycles. The molecule has 35 heavy (non-hydrogen) atoms. The van der Waals surface area contributed by atoms with E-state index in [1.807, 2.05) is 36.4 Å². The second-order valence-electron chi connectivity index (χ2n) is 9.10. The fraction of sp³-hybridized carbons (Fsp3) is 0.538. The van der Waals surface area contributed by atoms with Crippen LogP contribution < -0.4 is 25.4 Å². The Balaban J connectivity index is 0.000000139. The third-order valence-corrected chi connectivity index (χ3v) is 7.14. The topological polar surface area (TPSA) is 57.8 Å². The molecular formula is C26H35Cl3N4O2. The van der Waals surface area contributed by atoms with Gasteiger partial charge in [0, 0.05) is 81.8 Å². The highest BCUT2D eigenvalue weighted by Crippen LogP contribution is 2.32.